The Morgan fingerprint density at radius 2 is 2.00 bits per heavy atom. The van der Waals surface area contributed by atoms with Crippen molar-refractivity contribution in [1.29, 1.82) is 5.26 Å². The zero-order valence-electron chi connectivity index (χ0n) is 19.6. The monoisotopic (exact) mass is 511 g/mol. The summed E-state index contributed by atoms with van der Waals surface area (Å²) in [5, 5.41) is 13.9. The summed E-state index contributed by atoms with van der Waals surface area (Å²) < 4.78 is 60.8. The van der Waals surface area contributed by atoms with Crippen molar-refractivity contribution < 1.29 is 22.4 Å². The van der Waals surface area contributed by atoms with Crippen LogP contribution in [-0.4, -0.2) is 49.3 Å². The first-order chi connectivity index (χ1) is 17.6. The van der Waals surface area contributed by atoms with Crippen molar-refractivity contribution in [2.24, 2.45) is 12.8 Å². The highest BCUT2D eigenvalue weighted by atomic mass is 19.4. The molecule has 12 heteroatoms. The van der Waals surface area contributed by atoms with Gasteiger partial charge < -0.3 is 10.6 Å². The lowest BCUT2D eigenvalue weighted by Gasteiger charge is -2.30. The quantitative estimate of drug-likeness (QED) is 0.419. The Labute approximate surface area is 208 Å². The topological polar surface area (TPSA) is 106 Å². The number of likely N-dealkylation sites (tertiary alicyclic amines) is 1. The number of aryl methyl sites for hydroxylation is 1. The largest absolute Gasteiger partial charge is 0.434 e. The first-order valence-corrected chi connectivity index (χ1v) is 11.5. The van der Waals surface area contributed by atoms with Gasteiger partial charge in [0.2, 0.25) is 0 Å². The van der Waals surface area contributed by atoms with E-state index in [-0.39, 0.29) is 41.8 Å². The molecule has 1 aliphatic heterocycles. The van der Waals surface area contributed by atoms with E-state index in [1.807, 2.05) is 0 Å². The average Bonchev–Trinajstić information content (AvgIpc) is 3.43. The summed E-state index contributed by atoms with van der Waals surface area (Å²) in [7, 11) is 1.68. The number of halogens is 4. The van der Waals surface area contributed by atoms with Crippen molar-refractivity contribution >= 4 is 16.8 Å². The summed E-state index contributed by atoms with van der Waals surface area (Å²) in [5.74, 6) is -2.11. The first-order valence-electron chi connectivity index (χ1n) is 11.5. The molecule has 0 radical (unpaired) electrons. The number of nitriles is 1. The Morgan fingerprint density at radius 1 is 1.22 bits per heavy atom. The minimum absolute atomic E-state index is 0.0253. The average molecular weight is 511 g/mol. The predicted molar refractivity (Wildman–Crippen MR) is 126 cm³/mol. The first kappa shape index (κ1) is 24.5. The van der Waals surface area contributed by atoms with Crippen LogP contribution in [0.5, 0.6) is 0 Å². The van der Waals surface area contributed by atoms with Crippen LogP contribution in [0.25, 0.3) is 28.0 Å². The third kappa shape index (κ3) is 4.42. The van der Waals surface area contributed by atoms with Crippen LogP contribution in [0.4, 0.5) is 17.6 Å². The zero-order valence-corrected chi connectivity index (χ0v) is 19.6. The number of hydrogen-bond donors (Lipinski definition) is 1. The molecular weight excluding hydrogens is 490 g/mol. The van der Waals surface area contributed by atoms with Crippen molar-refractivity contribution in [3.8, 4) is 23.1 Å². The second kappa shape index (κ2) is 9.01. The van der Waals surface area contributed by atoms with E-state index in [2.05, 4.69) is 10.1 Å². The number of piperidine rings is 1. The number of hydrogen-bond acceptors (Lipinski definition) is 5. The molecule has 8 nitrogen and oxygen atoms in total. The zero-order chi connectivity index (χ0) is 26.5. The minimum Gasteiger partial charge on any atom is -0.336 e. The van der Waals surface area contributed by atoms with Crippen molar-refractivity contribution in [3.05, 3.63) is 65.4 Å². The number of imidazole rings is 1. The van der Waals surface area contributed by atoms with Gasteiger partial charge in [-0.3, -0.25) is 14.0 Å². The molecule has 0 spiro atoms. The van der Waals surface area contributed by atoms with E-state index in [9.17, 15) is 22.4 Å². The van der Waals surface area contributed by atoms with Gasteiger partial charge in [-0.2, -0.15) is 23.5 Å². The van der Waals surface area contributed by atoms with Gasteiger partial charge in [0.15, 0.2) is 11.4 Å². The highest BCUT2D eigenvalue weighted by Gasteiger charge is 2.44. The molecule has 2 aromatic carbocycles. The van der Waals surface area contributed by atoms with Gasteiger partial charge in [-0.1, -0.05) is 0 Å². The highest BCUT2D eigenvalue weighted by Crippen LogP contribution is 2.39. The molecule has 190 valence electrons. The molecule has 0 unspecified atom stereocenters. The van der Waals surface area contributed by atoms with Crippen LogP contribution in [0.1, 0.15) is 34.6 Å². The second-order valence-electron chi connectivity index (χ2n) is 8.97. The van der Waals surface area contributed by atoms with Crippen LogP contribution in [0.3, 0.4) is 0 Å². The van der Waals surface area contributed by atoms with E-state index < -0.39 is 29.3 Å². The van der Waals surface area contributed by atoms with Gasteiger partial charge in [-0.25, -0.2) is 9.37 Å². The molecule has 1 atom stereocenters. The Morgan fingerprint density at radius 3 is 2.68 bits per heavy atom. The van der Waals surface area contributed by atoms with Gasteiger partial charge in [-0.15, -0.1) is 0 Å². The molecule has 0 saturated carbocycles. The SMILES string of the molecule is Cn1cc2cc(-n3c(-c4ccc(C#N)c(F)c4)nc(C(=O)N4CCC[C@@H](N)C4)c3C(F)(F)F)ccc2n1. The van der Waals surface area contributed by atoms with Crippen LogP contribution < -0.4 is 5.73 Å². The Kier molecular flexibility index (Phi) is 5.95. The molecule has 0 aliphatic carbocycles. The molecule has 3 heterocycles. The van der Waals surface area contributed by atoms with Crippen molar-refractivity contribution in [2.45, 2.75) is 25.1 Å². The number of nitrogens with zero attached hydrogens (tertiary/aromatic N) is 6. The van der Waals surface area contributed by atoms with E-state index in [1.54, 1.807) is 25.4 Å². The Bertz CT molecular complexity index is 1560. The standard InChI is InChI=1S/C25H21F4N7O/c1-34-12-16-9-18(6-7-20(16)33-34)36-22(25(27,28)29)21(24(37)35-8-2-3-17(31)13-35)32-23(36)14-4-5-15(11-30)19(26)10-14/h4-7,9-10,12,17H,2-3,8,13,31H2,1H3/t17-/m1/s1. The van der Waals surface area contributed by atoms with Crippen LogP contribution >= 0.6 is 0 Å². The lowest BCUT2D eigenvalue weighted by molar-refractivity contribution is -0.142. The minimum atomic E-state index is -4.98. The molecule has 5 rings (SSSR count). The van der Waals surface area contributed by atoms with Crippen LogP contribution in [0, 0.1) is 17.1 Å². The molecule has 2 aromatic heterocycles. The number of alkyl halides is 3. The van der Waals surface area contributed by atoms with Crippen LogP contribution in [-0.2, 0) is 13.2 Å². The number of carbonyl (C=O) groups is 1. The fraction of sp³-hybridized carbons (Fsp3) is 0.280. The molecule has 0 bridgehead atoms. The van der Waals surface area contributed by atoms with Gasteiger partial charge >= 0.3 is 6.18 Å². The number of fused-ring (bicyclic) bond motifs is 1. The summed E-state index contributed by atoms with van der Waals surface area (Å²) in [6.45, 7) is 0.352. The van der Waals surface area contributed by atoms with E-state index >= 15 is 0 Å². The van der Waals surface area contributed by atoms with Gasteiger partial charge in [0, 0.05) is 49.0 Å². The van der Waals surface area contributed by atoms with Gasteiger partial charge in [0.25, 0.3) is 5.91 Å². The normalized spacial score (nSPS) is 16.2. The third-order valence-electron chi connectivity index (χ3n) is 6.30. The number of amides is 1. The summed E-state index contributed by atoms with van der Waals surface area (Å²) in [6, 6.07) is 9.21. The Hall–Kier alpha value is -4.24. The molecule has 1 saturated heterocycles. The van der Waals surface area contributed by atoms with Crippen molar-refractivity contribution in [2.75, 3.05) is 13.1 Å². The lowest BCUT2D eigenvalue weighted by atomic mass is 10.1. The molecule has 37 heavy (non-hydrogen) atoms. The maximum absolute atomic E-state index is 14.7. The molecule has 1 amide bonds. The fourth-order valence-corrected chi connectivity index (χ4v) is 4.64. The summed E-state index contributed by atoms with van der Waals surface area (Å²) in [6.07, 6.45) is -2.12. The third-order valence-corrected chi connectivity index (χ3v) is 6.30. The van der Waals surface area contributed by atoms with Gasteiger partial charge in [0.1, 0.15) is 17.7 Å². The highest BCUT2D eigenvalue weighted by molar-refractivity contribution is 5.95. The van der Waals surface area contributed by atoms with E-state index in [1.165, 1.54) is 27.8 Å². The predicted octanol–water partition coefficient (Wildman–Crippen LogP) is 4.02. The van der Waals surface area contributed by atoms with Crippen LogP contribution in [0.2, 0.25) is 0 Å². The molecule has 2 N–H and O–H groups in total. The summed E-state index contributed by atoms with van der Waals surface area (Å²) in [5.41, 5.74) is 4.22. The van der Waals surface area contributed by atoms with Crippen LogP contribution in [0.15, 0.2) is 42.6 Å². The summed E-state index contributed by atoms with van der Waals surface area (Å²) >= 11 is 0. The summed E-state index contributed by atoms with van der Waals surface area (Å²) in [4.78, 5) is 18.8. The second-order valence-corrected chi connectivity index (χ2v) is 8.97. The van der Waals surface area contributed by atoms with Crippen molar-refractivity contribution in [1.82, 2.24) is 24.2 Å². The van der Waals surface area contributed by atoms with E-state index in [4.69, 9.17) is 11.0 Å². The van der Waals surface area contributed by atoms with Crippen molar-refractivity contribution in [3.63, 3.8) is 0 Å². The fourth-order valence-electron chi connectivity index (χ4n) is 4.64. The smallest absolute Gasteiger partial charge is 0.336 e. The van der Waals surface area contributed by atoms with E-state index in [0.29, 0.717) is 23.7 Å². The van der Waals surface area contributed by atoms with Gasteiger partial charge in [-0.05, 0) is 49.2 Å². The molecule has 4 aromatic rings. The maximum atomic E-state index is 14.7. The molecular formula is C25H21F4N7O. The lowest BCUT2D eigenvalue weighted by Crippen LogP contribution is -2.46. The number of carbonyl (C=O) groups excluding carboxylic acids is 1. The Balaban J connectivity index is 1.78. The van der Waals surface area contributed by atoms with Gasteiger partial charge in [0.05, 0.1) is 11.1 Å². The molecule has 1 aliphatic rings. The number of benzene rings is 2. The molecule has 1 fully saturated rings. The maximum Gasteiger partial charge on any atom is 0.434 e. The number of aromatic nitrogens is 4. The van der Waals surface area contributed by atoms with E-state index in [0.717, 1.165) is 16.7 Å². The number of nitrogens with two attached hydrogens (primary N) is 1. The number of rotatable bonds is 3.